The number of piperidine rings is 1. The lowest BCUT2D eigenvalue weighted by molar-refractivity contribution is 0.00447. The molecule has 8 nitrogen and oxygen atoms in total. The second-order valence-corrected chi connectivity index (χ2v) is 13.0. The molecule has 212 valence electrons. The Bertz CT molecular complexity index is 1360. The van der Waals surface area contributed by atoms with Crippen molar-refractivity contribution in [1.82, 2.24) is 14.9 Å². The number of aryl methyl sites for hydroxylation is 3. The Labute approximate surface area is 239 Å². The summed E-state index contributed by atoms with van der Waals surface area (Å²) in [5.41, 5.74) is 4.45. The van der Waals surface area contributed by atoms with Gasteiger partial charge in [-0.2, -0.15) is 9.71 Å². The maximum Gasteiger partial charge on any atom is 0.410 e. The van der Waals surface area contributed by atoms with Crippen LogP contribution in [0, 0.1) is 25.7 Å². The molecule has 2 unspecified atom stereocenters. The Balaban J connectivity index is 1.50. The van der Waals surface area contributed by atoms with Gasteiger partial charge in [0.25, 0.3) is 5.95 Å². The number of aromatic nitrogens is 2. The molecule has 3 heterocycles. The molecule has 3 atom stereocenters. The third-order valence-electron chi connectivity index (χ3n) is 7.53. The molecule has 1 amide bonds. The van der Waals surface area contributed by atoms with Crippen molar-refractivity contribution in [2.24, 2.45) is 11.8 Å². The van der Waals surface area contributed by atoms with Crippen molar-refractivity contribution in [2.45, 2.75) is 64.4 Å². The molecule has 4 bridgehead atoms. The molecule has 2 aliphatic heterocycles. The van der Waals surface area contributed by atoms with E-state index in [-0.39, 0.29) is 18.0 Å². The van der Waals surface area contributed by atoms with Crippen LogP contribution in [0.25, 0.3) is 11.3 Å². The van der Waals surface area contributed by atoms with Gasteiger partial charge in [-0.15, -0.1) is 0 Å². The van der Waals surface area contributed by atoms with Crippen LogP contribution in [0.1, 0.15) is 50.3 Å². The first-order valence-corrected chi connectivity index (χ1v) is 15.0. The van der Waals surface area contributed by atoms with E-state index < -0.39 is 17.0 Å². The fourth-order valence-corrected chi connectivity index (χ4v) is 6.37. The van der Waals surface area contributed by atoms with Crippen molar-refractivity contribution in [3.05, 3.63) is 65.2 Å². The minimum atomic E-state index is -1.53. The molecule has 9 heteroatoms. The van der Waals surface area contributed by atoms with Crippen molar-refractivity contribution in [3.63, 3.8) is 0 Å². The summed E-state index contributed by atoms with van der Waals surface area (Å²) in [6.07, 6.45) is 2.38. The second kappa shape index (κ2) is 11.7. The number of anilines is 1. The predicted octanol–water partition coefficient (Wildman–Crippen LogP) is 6.09. The summed E-state index contributed by atoms with van der Waals surface area (Å²) in [6.45, 7) is 11.4. The highest BCUT2D eigenvalue weighted by molar-refractivity contribution is 7.92. The summed E-state index contributed by atoms with van der Waals surface area (Å²) in [4.78, 5) is 24.7. The Hall–Kier alpha value is -3.30. The molecule has 2 aliphatic rings. The molecule has 1 saturated heterocycles. The number of benzene rings is 2. The number of rotatable bonds is 1. The maximum absolute atomic E-state index is 13.3. The van der Waals surface area contributed by atoms with Crippen LogP contribution < -0.4 is 9.46 Å². The predicted molar refractivity (Wildman–Crippen MR) is 157 cm³/mol. The second-order valence-electron chi connectivity index (χ2n) is 11.8. The SMILES string of the molecule is Cc1cccc(C)c1-c1cc2nc(n1)N[S+]([O-])c1cccc(c1)CCC1CCN(C(=O)OC(C)(C)C)C[C@@H]1CO2. The van der Waals surface area contributed by atoms with E-state index in [1.807, 2.05) is 77.1 Å². The monoisotopic (exact) mass is 562 g/mol. The maximum atomic E-state index is 13.3. The van der Waals surface area contributed by atoms with Crippen molar-refractivity contribution in [1.29, 1.82) is 0 Å². The molecule has 1 fully saturated rings. The first kappa shape index (κ1) is 28.2. The van der Waals surface area contributed by atoms with E-state index >= 15 is 0 Å². The highest BCUT2D eigenvalue weighted by Crippen LogP contribution is 2.33. The van der Waals surface area contributed by atoms with E-state index in [2.05, 4.69) is 15.8 Å². The zero-order chi connectivity index (χ0) is 28.4. The number of hydrogen-bond donors (Lipinski definition) is 1. The van der Waals surface area contributed by atoms with Gasteiger partial charge in [0.05, 0.1) is 12.3 Å². The average molecular weight is 563 g/mol. The Kier molecular flexibility index (Phi) is 8.24. The summed E-state index contributed by atoms with van der Waals surface area (Å²) in [5, 5.41) is 0. The zero-order valence-corrected chi connectivity index (χ0v) is 24.7. The number of ether oxygens (including phenoxy) is 2. The summed E-state index contributed by atoms with van der Waals surface area (Å²) in [5.74, 6) is 1.11. The molecule has 1 aromatic heterocycles. The smallest absolute Gasteiger partial charge is 0.410 e. The minimum absolute atomic E-state index is 0.108. The van der Waals surface area contributed by atoms with Gasteiger partial charge in [-0.25, -0.2) is 9.78 Å². The van der Waals surface area contributed by atoms with Crippen LogP contribution in [-0.2, 0) is 22.5 Å². The minimum Gasteiger partial charge on any atom is -0.588 e. The standard InChI is InChI=1S/C31H38N4O4S/c1-20-8-6-9-21(2)28(20)26-17-27-33-29(32-26)34-40(37)25-11-7-10-22(16-25)12-13-23-14-15-35(18-24(23)19-38-27)30(36)39-31(3,4)5/h6-11,16-17,23-24H,12-15,18-19H2,1-5H3,(H,32,33,34)/t23?,24-,40?/m1/s1. The van der Waals surface area contributed by atoms with Crippen molar-refractivity contribution in [3.8, 4) is 17.1 Å². The third-order valence-corrected chi connectivity index (χ3v) is 8.58. The lowest BCUT2D eigenvalue weighted by Gasteiger charge is -2.39. The van der Waals surface area contributed by atoms with E-state index in [4.69, 9.17) is 14.5 Å². The Morgan fingerprint density at radius 2 is 1.82 bits per heavy atom. The topological polar surface area (TPSA) is 99.6 Å². The first-order chi connectivity index (χ1) is 19.1. The van der Waals surface area contributed by atoms with Gasteiger partial charge in [0.15, 0.2) is 4.90 Å². The Morgan fingerprint density at radius 1 is 1.07 bits per heavy atom. The number of fused-ring (bicyclic) bond motifs is 5. The summed E-state index contributed by atoms with van der Waals surface area (Å²) >= 11 is -1.53. The molecule has 3 aromatic rings. The fourth-order valence-electron chi connectivity index (χ4n) is 5.54. The molecule has 5 rings (SSSR count). The first-order valence-electron chi connectivity index (χ1n) is 13.9. The van der Waals surface area contributed by atoms with Gasteiger partial charge in [0.1, 0.15) is 17.0 Å². The van der Waals surface area contributed by atoms with Crippen LogP contribution >= 0.6 is 0 Å². The molecule has 1 N–H and O–H groups in total. The van der Waals surface area contributed by atoms with Crippen LogP contribution in [0.4, 0.5) is 10.7 Å². The van der Waals surface area contributed by atoms with E-state index in [1.54, 1.807) is 4.90 Å². The van der Waals surface area contributed by atoms with Gasteiger partial charge in [-0.05, 0) is 88.6 Å². The van der Waals surface area contributed by atoms with Crippen LogP contribution in [0.5, 0.6) is 5.88 Å². The fraction of sp³-hybridized carbons (Fsp3) is 0.452. The van der Waals surface area contributed by atoms with Gasteiger partial charge >= 0.3 is 6.09 Å². The number of nitrogens with one attached hydrogen (secondary N) is 1. The number of likely N-dealkylation sites (tertiary alicyclic amines) is 1. The summed E-state index contributed by atoms with van der Waals surface area (Å²) in [7, 11) is 0. The van der Waals surface area contributed by atoms with Crippen LogP contribution in [0.2, 0.25) is 0 Å². The lowest BCUT2D eigenvalue weighted by Crippen LogP contribution is -2.47. The zero-order valence-electron chi connectivity index (χ0n) is 23.9. The largest absolute Gasteiger partial charge is 0.588 e. The van der Waals surface area contributed by atoms with E-state index in [0.717, 1.165) is 41.5 Å². The molecular weight excluding hydrogens is 524 g/mol. The molecule has 0 saturated carbocycles. The molecule has 2 aromatic carbocycles. The molecule has 0 radical (unpaired) electrons. The number of nitrogens with zero attached hydrogens (tertiary/aromatic N) is 3. The van der Waals surface area contributed by atoms with Crippen LogP contribution in [-0.4, -0.2) is 50.8 Å². The molecule has 0 spiro atoms. The van der Waals surface area contributed by atoms with E-state index in [1.165, 1.54) is 0 Å². The Morgan fingerprint density at radius 3 is 2.58 bits per heavy atom. The van der Waals surface area contributed by atoms with Crippen molar-refractivity contribution in [2.75, 3.05) is 24.4 Å². The van der Waals surface area contributed by atoms with Gasteiger partial charge in [-0.1, -0.05) is 30.3 Å². The van der Waals surface area contributed by atoms with Crippen LogP contribution in [0.15, 0.2) is 53.4 Å². The summed E-state index contributed by atoms with van der Waals surface area (Å²) < 4.78 is 28.3. The highest BCUT2D eigenvalue weighted by Gasteiger charge is 2.34. The number of carbonyl (C=O) groups excluding carboxylic acids is 1. The lowest BCUT2D eigenvalue weighted by atomic mass is 9.82. The van der Waals surface area contributed by atoms with Crippen molar-refractivity contribution >= 4 is 23.4 Å². The van der Waals surface area contributed by atoms with Crippen LogP contribution in [0.3, 0.4) is 0 Å². The normalized spacial score (nSPS) is 21.4. The number of hydrogen-bond acceptors (Lipinski definition) is 7. The van der Waals surface area contributed by atoms with Gasteiger partial charge in [-0.3, -0.25) is 0 Å². The molecule has 0 aliphatic carbocycles. The van der Waals surface area contributed by atoms with Gasteiger partial charge < -0.3 is 18.9 Å². The quantitative estimate of drug-likeness (QED) is 0.358. The summed E-state index contributed by atoms with van der Waals surface area (Å²) in [6, 6.07) is 15.8. The van der Waals surface area contributed by atoms with Gasteiger partial charge in [0.2, 0.25) is 5.88 Å². The number of carbonyl (C=O) groups is 1. The highest BCUT2D eigenvalue weighted by atomic mass is 32.2. The third kappa shape index (κ3) is 6.70. The molecular formula is C31H38N4O4S. The van der Waals surface area contributed by atoms with E-state index in [9.17, 15) is 9.35 Å². The van der Waals surface area contributed by atoms with Gasteiger partial charge in [0, 0.05) is 30.6 Å². The average Bonchev–Trinajstić information content (AvgIpc) is 2.89. The van der Waals surface area contributed by atoms with E-state index in [0.29, 0.717) is 42.1 Å². The number of amides is 1. The van der Waals surface area contributed by atoms with Crippen molar-refractivity contribution < 1.29 is 18.8 Å². The molecule has 40 heavy (non-hydrogen) atoms.